The van der Waals surface area contributed by atoms with Crippen LogP contribution in [0.2, 0.25) is 0 Å². The summed E-state index contributed by atoms with van der Waals surface area (Å²) in [5.74, 6) is 1.56. The molecule has 0 saturated heterocycles. The van der Waals surface area contributed by atoms with Crippen molar-refractivity contribution in [3.8, 4) is 17.2 Å². The van der Waals surface area contributed by atoms with Gasteiger partial charge in [-0.2, -0.15) is 0 Å². The predicted molar refractivity (Wildman–Crippen MR) is 85.4 cm³/mol. The Kier molecular flexibility index (Phi) is 3.61. The third kappa shape index (κ3) is 2.63. The number of carbonyl (C=O) groups excluding carboxylic acids is 1. The Hall–Kier alpha value is -2.21. The fourth-order valence-corrected chi connectivity index (χ4v) is 3.16. The van der Waals surface area contributed by atoms with Crippen LogP contribution in [0.1, 0.15) is 22.0 Å². The van der Waals surface area contributed by atoms with Gasteiger partial charge in [0.15, 0.2) is 11.5 Å². The lowest BCUT2D eigenvalue weighted by Crippen LogP contribution is -2.29. The van der Waals surface area contributed by atoms with Gasteiger partial charge < -0.3 is 18.9 Å². The molecule has 2 heterocycles. The summed E-state index contributed by atoms with van der Waals surface area (Å²) in [6.07, 6.45) is -0.457. The van der Waals surface area contributed by atoms with E-state index in [0.29, 0.717) is 29.4 Å². The molecule has 118 valence electrons. The monoisotopic (exact) mass is 376 g/mol. The molecule has 0 spiro atoms. The van der Waals surface area contributed by atoms with E-state index >= 15 is 0 Å². The average molecular weight is 377 g/mol. The van der Waals surface area contributed by atoms with Crippen LogP contribution in [0.15, 0.2) is 42.5 Å². The normalized spacial score (nSPS) is 21.3. The van der Waals surface area contributed by atoms with Crippen molar-refractivity contribution in [3.63, 3.8) is 0 Å². The molecule has 2 aromatic carbocycles. The number of fused-ring (bicyclic) bond motifs is 2. The van der Waals surface area contributed by atoms with Gasteiger partial charge in [0.2, 0.25) is 6.79 Å². The van der Waals surface area contributed by atoms with Crippen molar-refractivity contribution in [2.45, 2.75) is 10.9 Å². The predicted octanol–water partition coefficient (Wildman–Crippen LogP) is 3.47. The van der Waals surface area contributed by atoms with E-state index < -0.39 is 6.10 Å². The maximum atomic E-state index is 12.4. The van der Waals surface area contributed by atoms with Gasteiger partial charge in [0.1, 0.15) is 18.5 Å². The number of hydrogen-bond acceptors (Lipinski definition) is 5. The fourth-order valence-electron chi connectivity index (χ4n) is 2.63. The zero-order valence-corrected chi connectivity index (χ0v) is 13.6. The standard InChI is InChI=1S/C17H13BrO5/c18-12-8-20-13-7-15-14(21-9-22-15)6-11(13)16(12)23-17(19)10-4-2-1-3-5-10/h1-7,12,16H,8-9H2/t12-,16-/m1/s1. The Morgan fingerprint density at radius 3 is 2.57 bits per heavy atom. The molecule has 23 heavy (non-hydrogen) atoms. The molecule has 0 aliphatic carbocycles. The molecule has 0 N–H and O–H groups in total. The van der Waals surface area contributed by atoms with E-state index in [4.69, 9.17) is 18.9 Å². The number of hydrogen-bond donors (Lipinski definition) is 0. The smallest absolute Gasteiger partial charge is 0.338 e. The summed E-state index contributed by atoms with van der Waals surface area (Å²) in [5, 5.41) is 0. The van der Waals surface area contributed by atoms with Gasteiger partial charge in [0.05, 0.1) is 10.4 Å². The number of alkyl halides is 1. The Balaban J connectivity index is 1.65. The number of halogens is 1. The number of benzene rings is 2. The lowest BCUT2D eigenvalue weighted by molar-refractivity contribution is 0.0220. The van der Waals surface area contributed by atoms with Gasteiger partial charge in [-0.3, -0.25) is 0 Å². The first-order chi connectivity index (χ1) is 11.2. The van der Waals surface area contributed by atoms with Crippen molar-refractivity contribution in [1.29, 1.82) is 0 Å². The minimum absolute atomic E-state index is 0.136. The summed E-state index contributed by atoms with van der Waals surface area (Å²) < 4.78 is 22.2. The first-order valence-corrected chi connectivity index (χ1v) is 8.10. The molecule has 0 fully saturated rings. The molecule has 6 heteroatoms. The molecule has 5 nitrogen and oxygen atoms in total. The largest absolute Gasteiger partial charge is 0.492 e. The van der Waals surface area contributed by atoms with Crippen LogP contribution in [0.5, 0.6) is 17.2 Å². The fraction of sp³-hybridized carbons (Fsp3) is 0.235. The van der Waals surface area contributed by atoms with E-state index in [-0.39, 0.29) is 17.6 Å². The summed E-state index contributed by atoms with van der Waals surface area (Å²) in [7, 11) is 0. The van der Waals surface area contributed by atoms with Gasteiger partial charge in [-0.1, -0.05) is 34.1 Å². The summed E-state index contributed by atoms with van der Waals surface area (Å²) >= 11 is 3.53. The lowest BCUT2D eigenvalue weighted by atomic mass is 10.0. The Morgan fingerprint density at radius 1 is 1.04 bits per heavy atom. The molecule has 0 unspecified atom stereocenters. The van der Waals surface area contributed by atoms with E-state index in [1.54, 1.807) is 30.3 Å². The molecular weight excluding hydrogens is 364 g/mol. The molecule has 2 aliphatic heterocycles. The Labute approximate surface area is 141 Å². The second-order valence-corrected chi connectivity index (χ2v) is 6.44. The second kappa shape index (κ2) is 5.77. The topological polar surface area (TPSA) is 54.0 Å². The summed E-state index contributed by atoms with van der Waals surface area (Å²) in [5.41, 5.74) is 1.28. The third-order valence-electron chi connectivity index (χ3n) is 3.78. The van der Waals surface area contributed by atoms with Crippen LogP contribution in [0.3, 0.4) is 0 Å². The first kappa shape index (κ1) is 14.4. The maximum Gasteiger partial charge on any atom is 0.338 e. The quantitative estimate of drug-likeness (QED) is 0.593. The maximum absolute atomic E-state index is 12.4. The van der Waals surface area contributed by atoms with Gasteiger partial charge in [-0.25, -0.2) is 4.79 Å². The van der Waals surface area contributed by atoms with Crippen LogP contribution >= 0.6 is 15.9 Å². The van der Waals surface area contributed by atoms with Crippen LogP contribution in [0, 0.1) is 0 Å². The highest BCUT2D eigenvalue weighted by molar-refractivity contribution is 9.09. The number of carbonyl (C=O) groups is 1. The van der Waals surface area contributed by atoms with Gasteiger partial charge in [-0.05, 0) is 18.2 Å². The van der Waals surface area contributed by atoms with Crippen molar-refractivity contribution in [2.75, 3.05) is 13.4 Å². The van der Waals surface area contributed by atoms with Crippen molar-refractivity contribution in [3.05, 3.63) is 53.6 Å². The van der Waals surface area contributed by atoms with E-state index in [2.05, 4.69) is 15.9 Å². The third-order valence-corrected chi connectivity index (χ3v) is 4.53. The summed E-state index contributed by atoms with van der Waals surface area (Å²) in [6, 6.07) is 12.5. The molecule has 0 saturated carbocycles. The van der Waals surface area contributed by atoms with Crippen molar-refractivity contribution < 1.29 is 23.7 Å². The van der Waals surface area contributed by atoms with Gasteiger partial charge in [-0.15, -0.1) is 0 Å². The minimum atomic E-state index is -0.457. The highest BCUT2D eigenvalue weighted by Gasteiger charge is 2.35. The van der Waals surface area contributed by atoms with E-state index in [1.807, 2.05) is 12.1 Å². The number of rotatable bonds is 2. The van der Waals surface area contributed by atoms with E-state index in [0.717, 1.165) is 5.56 Å². The average Bonchev–Trinajstić information content (AvgIpc) is 3.04. The zero-order chi connectivity index (χ0) is 15.8. The highest BCUT2D eigenvalue weighted by atomic mass is 79.9. The number of ether oxygens (including phenoxy) is 4. The molecule has 2 aliphatic rings. The minimum Gasteiger partial charge on any atom is -0.492 e. The Morgan fingerprint density at radius 2 is 1.78 bits per heavy atom. The van der Waals surface area contributed by atoms with Crippen molar-refractivity contribution >= 4 is 21.9 Å². The molecule has 0 aromatic heterocycles. The van der Waals surface area contributed by atoms with Gasteiger partial charge in [0.25, 0.3) is 0 Å². The van der Waals surface area contributed by atoms with E-state index in [1.165, 1.54) is 0 Å². The number of esters is 1. The van der Waals surface area contributed by atoms with Crippen LogP contribution in [0.4, 0.5) is 0 Å². The van der Waals surface area contributed by atoms with Crippen LogP contribution in [-0.2, 0) is 4.74 Å². The van der Waals surface area contributed by atoms with Crippen LogP contribution in [0.25, 0.3) is 0 Å². The Bertz CT molecular complexity index is 746. The first-order valence-electron chi connectivity index (χ1n) is 7.19. The van der Waals surface area contributed by atoms with Crippen LogP contribution < -0.4 is 14.2 Å². The summed E-state index contributed by atoms with van der Waals surface area (Å²) in [6.45, 7) is 0.587. The van der Waals surface area contributed by atoms with Gasteiger partial charge >= 0.3 is 5.97 Å². The molecule has 0 bridgehead atoms. The molecule has 2 atom stereocenters. The molecule has 0 amide bonds. The molecule has 4 rings (SSSR count). The van der Waals surface area contributed by atoms with Crippen molar-refractivity contribution in [1.82, 2.24) is 0 Å². The molecular formula is C17H13BrO5. The molecule has 2 aromatic rings. The summed E-state index contributed by atoms with van der Waals surface area (Å²) in [4.78, 5) is 12.2. The van der Waals surface area contributed by atoms with E-state index in [9.17, 15) is 4.79 Å². The lowest BCUT2D eigenvalue weighted by Gasteiger charge is -2.30. The second-order valence-electron chi connectivity index (χ2n) is 5.26. The highest BCUT2D eigenvalue weighted by Crippen LogP contribution is 2.45. The SMILES string of the molecule is O=C(O[C@@H]1c2cc3c(cc2OC[C@H]1Br)OCO3)c1ccccc1. The van der Waals surface area contributed by atoms with Crippen molar-refractivity contribution in [2.24, 2.45) is 0 Å². The van der Waals surface area contributed by atoms with Crippen LogP contribution in [-0.4, -0.2) is 24.2 Å². The zero-order valence-electron chi connectivity index (χ0n) is 12.0. The van der Waals surface area contributed by atoms with Gasteiger partial charge in [0, 0.05) is 11.6 Å². The molecule has 0 radical (unpaired) electrons.